The van der Waals surface area contributed by atoms with Crippen molar-refractivity contribution in [3.63, 3.8) is 0 Å². The molecule has 1 N–H and O–H groups in total. The highest BCUT2D eigenvalue weighted by atomic mass is 16.5. The minimum absolute atomic E-state index is 0.0122. The second kappa shape index (κ2) is 5.13. The summed E-state index contributed by atoms with van der Waals surface area (Å²) in [6, 6.07) is 6.28. The third-order valence-electron chi connectivity index (χ3n) is 2.16. The number of aromatic nitrogens is 2. The van der Waals surface area contributed by atoms with Gasteiger partial charge in [0, 0.05) is 12.4 Å². The molecule has 0 amide bonds. The van der Waals surface area contributed by atoms with Gasteiger partial charge in [-0.15, -0.1) is 0 Å². The Morgan fingerprint density at radius 3 is 2.56 bits per heavy atom. The third-order valence-corrected chi connectivity index (χ3v) is 2.16. The van der Waals surface area contributed by atoms with Gasteiger partial charge >= 0.3 is 12.0 Å². The molecule has 0 radical (unpaired) electrons. The highest BCUT2D eigenvalue weighted by Crippen LogP contribution is 2.33. The van der Waals surface area contributed by atoms with Crippen LogP contribution in [0.1, 0.15) is 10.4 Å². The number of nitrogens with zero attached hydrogens (tertiary/aromatic N) is 2. The normalized spacial score (nSPS) is 9.83. The van der Waals surface area contributed by atoms with Crippen LogP contribution in [0.5, 0.6) is 17.5 Å². The van der Waals surface area contributed by atoms with E-state index in [1.807, 2.05) is 0 Å². The lowest BCUT2D eigenvalue weighted by Crippen LogP contribution is -2.03. The number of benzene rings is 1. The van der Waals surface area contributed by atoms with E-state index >= 15 is 0 Å². The lowest BCUT2D eigenvalue weighted by molar-refractivity contribution is 0.0693. The largest absolute Gasteiger partial charge is 0.493 e. The molecular formula is C12H10N2O4. The molecule has 1 heterocycles. The summed E-state index contributed by atoms with van der Waals surface area (Å²) in [5.41, 5.74) is -0.0122. The minimum Gasteiger partial charge on any atom is -0.493 e. The molecule has 0 bridgehead atoms. The smallest absolute Gasteiger partial charge is 0.339 e. The average Bonchev–Trinajstić information content (AvgIpc) is 2.40. The zero-order valence-corrected chi connectivity index (χ0v) is 9.53. The fraction of sp³-hybridized carbons (Fsp3) is 0.0833. The molecule has 0 aliphatic rings. The fourth-order valence-corrected chi connectivity index (χ4v) is 1.38. The molecule has 0 saturated carbocycles. The van der Waals surface area contributed by atoms with Crippen molar-refractivity contribution < 1.29 is 19.4 Å². The summed E-state index contributed by atoms with van der Waals surface area (Å²) < 4.78 is 10.4. The van der Waals surface area contributed by atoms with Crippen LogP contribution in [0.15, 0.2) is 36.7 Å². The quantitative estimate of drug-likeness (QED) is 0.888. The number of carboxylic acids is 1. The Hall–Kier alpha value is -2.63. The number of para-hydroxylation sites is 1. The SMILES string of the molecule is COc1cccc(C(=O)O)c1Oc1ncccn1. The van der Waals surface area contributed by atoms with Crippen molar-refractivity contribution in [1.82, 2.24) is 9.97 Å². The van der Waals surface area contributed by atoms with E-state index in [1.165, 1.54) is 25.6 Å². The number of hydrogen-bond donors (Lipinski definition) is 1. The summed E-state index contributed by atoms with van der Waals surface area (Å²) >= 11 is 0. The highest BCUT2D eigenvalue weighted by molar-refractivity contribution is 5.92. The Kier molecular flexibility index (Phi) is 3.38. The van der Waals surface area contributed by atoms with Crippen molar-refractivity contribution in [2.75, 3.05) is 7.11 Å². The van der Waals surface area contributed by atoms with Gasteiger partial charge in [0.25, 0.3) is 0 Å². The lowest BCUT2D eigenvalue weighted by atomic mass is 10.2. The van der Waals surface area contributed by atoms with E-state index in [1.54, 1.807) is 18.2 Å². The molecule has 2 aromatic rings. The second-order valence-corrected chi connectivity index (χ2v) is 3.28. The maximum absolute atomic E-state index is 11.1. The Morgan fingerprint density at radius 1 is 1.22 bits per heavy atom. The highest BCUT2D eigenvalue weighted by Gasteiger charge is 2.17. The van der Waals surface area contributed by atoms with Crippen LogP contribution in [0.4, 0.5) is 0 Å². The molecule has 0 spiro atoms. The molecule has 2 rings (SSSR count). The molecule has 0 unspecified atom stereocenters. The van der Waals surface area contributed by atoms with Crippen LogP contribution >= 0.6 is 0 Å². The first kappa shape index (κ1) is 11.8. The molecule has 0 fully saturated rings. The number of methoxy groups -OCH3 is 1. The van der Waals surface area contributed by atoms with Crippen LogP contribution in [0, 0.1) is 0 Å². The summed E-state index contributed by atoms with van der Waals surface area (Å²) in [6.45, 7) is 0. The Bertz CT molecular complexity index is 557. The van der Waals surface area contributed by atoms with Crippen molar-refractivity contribution in [3.05, 3.63) is 42.2 Å². The van der Waals surface area contributed by atoms with Gasteiger partial charge in [-0.25, -0.2) is 14.8 Å². The first-order valence-electron chi connectivity index (χ1n) is 5.07. The van der Waals surface area contributed by atoms with Crippen molar-refractivity contribution in [2.24, 2.45) is 0 Å². The second-order valence-electron chi connectivity index (χ2n) is 3.28. The number of rotatable bonds is 4. The van der Waals surface area contributed by atoms with Gasteiger partial charge in [0.05, 0.1) is 7.11 Å². The number of carbonyl (C=O) groups is 1. The number of hydrogen-bond acceptors (Lipinski definition) is 5. The van der Waals surface area contributed by atoms with Crippen LogP contribution in [0.3, 0.4) is 0 Å². The molecule has 92 valence electrons. The Morgan fingerprint density at radius 2 is 1.94 bits per heavy atom. The summed E-state index contributed by atoms with van der Waals surface area (Å²) in [7, 11) is 1.43. The number of aromatic carboxylic acids is 1. The van der Waals surface area contributed by atoms with Crippen molar-refractivity contribution in [2.45, 2.75) is 0 Å². The molecule has 6 heteroatoms. The summed E-state index contributed by atoms with van der Waals surface area (Å²) in [6.07, 6.45) is 3.00. The predicted octanol–water partition coefficient (Wildman–Crippen LogP) is 1.98. The summed E-state index contributed by atoms with van der Waals surface area (Å²) in [5.74, 6) is -0.721. The van der Waals surface area contributed by atoms with Gasteiger partial charge in [0.2, 0.25) is 0 Å². The van der Waals surface area contributed by atoms with E-state index in [-0.39, 0.29) is 17.3 Å². The van der Waals surface area contributed by atoms with Gasteiger partial charge in [-0.05, 0) is 18.2 Å². The van der Waals surface area contributed by atoms with Crippen LogP contribution < -0.4 is 9.47 Å². The first-order valence-corrected chi connectivity index (χ1v) is 5.07. The van der Waals surface area contributed by atoms with Gasteiger partial charge in [0.1, 0.15) is 5.56 Å². The summed E-state index contributed by atoms with van der Waals surface area (Å²) in [4.78, 5) is 18.8. The topological polar surface area (TPSA) is 81.5 Å². The Labute approximate surface area is 103 Å². The monoisotopic (exact) mass is 246 g/mol. The average molecular weight is 246 g/mol. The molecule has 6 nitrogen and oxygen atoms in total. The van der Waals surface area contributed by atoms with Crippen LogP contribution in [-0.2, 0) is 0 Å². The van der Waals surface area contributed by atoms with Gasteiger partial charge < -0.3 is 14.6 Å². The molecule has 0 saturated heterocycles. The Balaban J connectivity index is 2.44. The van der Waals surface area contributed by atoms with E-state index in [9.17, 15) is 4.79 Å². The first-order chi connectivity index (χ1) is 8.72. The van der Waals surface area contributed by atoms with Crippen molar-refractivity contribution in [3.8, 4) is 17.5 Å². The molecule has 0 aliphatic heterocycles. The lowest BCUT2D eigenvalue weighted by Gasteiger charge is -2.10. The van der Waals surface area contributed by atoms with E-state index in [4.69, 9.17) is 14.6 Å². The molecule has 1 aromatic carbocycles. The zero-order valence-electron chi connectivity index (χ0n) is 9.53. The number of ether oxygens (including phenoxy) is 2. The molecular weight excluding hydrogens is 236 g/mol. The van der Waals surface area contributed by atoms with Gasteiger partial charge in [0.15, 0.2) is 11.5 Å². The van der Waals surface area contributed by atoms with Crippen molar-refractivity contribution >= 4 is 5.97 Å². The van der Waals surface area contributed by atoms with Crippen LogP contribution in [0.2, 0.25) is 0 Å². The zero-order chi connectivity index (χ0) is 13.0. The minimum atomic E-state index is -1.11. The van der Waals surface area contributed by atoms with Gasteiger partial charge in [-0.2, -0.15) is 0 Å². The fourth-order valence-electron chi connectivity index (χ4n) is 1.38. The standard InChI is InChI=1S/C12H10N2O4/c1-17-9-5-2-4-8(11(15)16)10(9)18-12-13-6-3-7-14-12/h2-7H,1H3,(H,15,16). The predicted molar refractivity (Wildman–Crippen MR) is 62.1 cm³/mol. The van der Waals surface area contributed by atoms with Crippen molar-refractivity contribution in [1.29, 1.82) is 0 Å². The molecule has 1 aromatic heterocycles. The van der Waals surface area contributed by atoms with E-state index in [0.717, 1.165) is 0 Å². The van der Waals surface area contributed by atoms with E-state index in [0.29, 0.717) is 5.75 Å². The molecule has 0 atom stereocenters. The molecule has 18 heavy (non-hydrogen) atoms. The van der Waals surface area contributed by atoms with Crippen LogP contribution in [-0.4, -0.2) is 28.2 Å². The third kappa shape index (κ3) is 2.37. The van der Waals surface area contributed by atoms with Gasteiger partial charge in [-0.1, -0.05) is 6.07 Å². The maximum Gasteiger partial charge on any atom is 0.339 e. The molecule has 0 aliphatic carbocycles. The number of carboxylic acid groups (broad SMARTS) is 1. The van der Waals surface area contributed by atoms with E-state index < -0.39 is 5.97 Å². The van der Waals surface area contributed by atoms with Gasteiger partial charge in [-0.3, -0.25) is 0 Å². The summed E-state index contributed by atoms with van der Waals surface area (Å²) in [5, 5.41) is 9.09. The maximum atomic E-state index is 11.1. The van der Waals surface area contributed by atoms with E-state index in [2.05, 4.69) is 9.97 Å². The van der Waals surface area contributed by atoms with Crippen LogP contribution in [0.25, 0.3) is 0 Å².